The molecule has 2 N–H and O–H groups in total. The standard InChI is InChI=1S/C15H23N3O2/c1-4-20-15(19)12-8-14(17-9-13(12)16)18-10(2)6-5-7-11(18)3/h8-11H,4-7,16H2,1-3H3/t10-,11+. The van der Waals surface area contributed by atoms with Crippen molar-refractivity contribution in [2.75, 3.05) is 17.2 Å². The van der Waals surface area contributed by atoms with Gasteiger partial charge < -0.3 is 15.4 Å². The Balaban J connectivity index is 2.32. The van der Waals surface area contributed by atoms with Crippen LogP contribution in [0.3, 0.4) is 0 Å². The van der Waals surface area contributed by atoms with Crippen molar-refractivity contribution in [1.82, 2.24) is 4.98 Å². The van der Waals surface area contributed by atoms with Crippen LogP contribution in [0, 0.1) is 0 Å². The lowest BCUT2D eigenvalue weighted by molar-refractivity contribution is 0.0527. The van der Waals surface area contributed by atoms with Crippen LogP contribution in [0.15, 0.2) is 12.3 Å². The van der Waals surface area contributed by atoms with E-state index in [2.05, 4.69) is 23.7 Å². The molecule has 0 amide bonds. The predicted molar refractivity (Wildman–Crippen MR) is 79.9 cm³/mol. The number of carbonyl (C=O) groups is 1. The fourth-order valence-electron chi connectivity index (χ4n) is 2.85. The molecule has 110 valence electrons. The molecule has 2 heterocycles. The second kappa shape index (κ2) is 6.11. The summed E-state index contributed by atoms with van der Waals surface area (Å²) >= 11 is 0. The van der Waals surface area contributed by atoms with Gasteiger partial charge in [0, 0.05) is 12.1 Å². The Labute approximate surface area is 120 Å². The van der Waals surface area contributed by atoms with E-state index in [4.69, 9.17) is 10.5 Å². The maximum atomic E-state index is 11.9. The molecule has 0 aliphatic carbocycles. The van der Waals surface area contributed by atoms with Crippen LogP contribution < -0.4 is 10.6 Å². The van der Waals surface area contributed by atoms with Crippen molar-refractivity contribution in [2.45, 2.75) is 52.1 Å². The van der Waals surface area contributed by atoms with Gasteiger partial charge in [0.2, 0.25) is 0 Å². The quantitative estimate of drug-likeness (QED) is 0.860. The summed E-state index contributed by atoms with van der Waals surface area (Å²) in [4.78, 5) is 18.6. The molecular weight excluding hydrogens is 254 g/mol. The molecule has 20 heavy (non-hydrogen) atoms. The first kappa shape index (κ1) is 14.6. The van der Waals surface area contributed by atoms with E-state index in [9.17, 15) is 4.79 Å². The maximum absolute atomic E-state index is 11.9. The summed E-state index contributed by atoms with van der Waals surface area (Å²) in [5, 5.41) is 0. The SMILES string of the molecule is CCOC(=O)c1cc(N2[C@H](C)CCC[C@@H]2C)ncc1N. The van der Waals surface area contributed by atoms with E-state index in [-0.39, 0.29) is 5.97 Å². The summed E-state index contributed by atoms with van der Waals surface area (Å²) in [6.45, 7) is 6.51. The smallest absolute Gasteiger partial charge is 0.340 e. The van der Waals surface area contributed by atoms with Gasteiger partial charge in [0.15, 0.2) is 0 Å². The fraction of sp³-hybridized carbons (Fsp3) is 0.600. The van der Waals surface area contributed by atoms with Crippen LogP contribution in [0.2, 0.25) is 0 Å². The highest BCUT2D eigenvalue weighted by molar-refractivity contribution is 5.95. The van der Waals surface area contributed by atoms with Crippen LogP contribution in [-0.2, 0) is 4.74 Å². The first-order valence-electron chi connectivity index (χ1n) is 7.25. The highest BCUT2D eigenvalue weighted by Gasteiger charge is 2.27. The Hall–Kier alpha value is -1.78. The van der Waals surface area contributed by atoms with Crippen LogP contribution in [0.1, 0.15) is 50.4 Å². The van der Waals surface area contributed by atoms with Gasteiger partial charge in [-0.25, -0.2) is 9.78 Å². The summed E-state index contributed by atoms with van der Waals surface area (Å²) in [5.41, 5.74) is 6.61. The number of carbonyl (C=O) groups excluding carboxylic acids is 1. The summed E-state index contributed by atoms with van der Waals surface area (Å²) < 4.78 is 5.04. The van der Waals surface area contributed by atoms with E-state index in [1.54, 1.807) is 19.2 Å². The Bertz CT molecular complexity index is 480. The first-order chi connectivity index (χ1) is 9.54. The third-order valence-electron chi connectivity index (χ3n) is 3.87. The number of anilines is 2. The Morgan fingerprint density at radius 2 is 2.10 bits per heavy atom. The molecule has 1 aromatic heterocycles. The molecule has 0 radical (unpaired) electrons. The summed E-state index contributed by atoms with van der Waals surface area (Å²) in [6.07, 6.45) is 5.07. The van der Waals surface area contributed by atoms with Gasteiger partial charge in [-0.15, -0.1) is 0 Å². The zero-order chi connectivity index (χ0) is 14.7. The zero-order valence-electron chi connectivity index (χ0n) is 12.4. The molecule has 1 aliphatic rings. The molecule has 1 aromatic rings. The van der Waals surface area contributed by atoms with Gasteiger partial charge in [-0.05, 0) is 46.1 Å². The van der Waals surface area contributed by atoms with Crippen LogP contribution in [0.5, 0.6) is 0 Å². The van der Waals surface area contributed by atoms with Crippen LogP contribution in [0.4, 0.5) is 11.5 Å². The highest BCUT2D eigenvalue weighted by Crippen LogP contribution is 2.29. The van der Waals surface area contributed by atoms with Gasteiger partial charge >= 0.3 is 5.97 Å². The zero-order valence-corrected chi connectivity index (χ0v) is 12.4. The monoisotopic (exact) mass is 277 g/mol. The van der Waals surface area contributed by atoms with E-state index in [0.29, 0.717) is 29.9 Å². The van der Waals surface area contributed by atoms with Crippen molar-refractivity contribution in [3.63, 3.8) is 0 Å². The minimum atomic E-state index is -0.383. The van der Waals surface area contributed by atoms with Crippen molar-refractivity contribution in [3.8, 4) is 0 Å². The molecule has 1 aliphatic heterocycles. The molecule has 0 aromatic carbocycles. The van der Waals surface area contributed by atoms with Crippen LogP contribution in [-0.4, -0.2) is 29.6 Å². The molecule has 0 spiro atoms. The third kappa shape index (κ3) is 2.86. The van der Waals surface area contributed by atoms with Gasteiger partial charge in [-0.3, -0.25) is 0 Å². The molecule has 5 nitrogen and oxygen atoms in total. The van der Waals surface area contributed by atoms with E-state index in [1.807, 2.05) is 0 Å². The number of pyridine rings is 1. The molecule has 0 saturated carbocycles. The number of nitrogens with two attached hydrogens (primary N) is 1. The molecule has 2 atom stereocenters. The van der Waals surface area contributed by atoms with E-state index in [0.717, 1.165) is 18.7 Å². The number of hydrogen-bond donors (Lipinski definition) is 1. The largest absolute Gasteiger partial charge is 0.462 e. The Morgan fingerprint density at radius 3 is 2.70 bits per heavy atom. The number of nitrogen functional groups attached to an aromatic ring is 1. The molecule has 2 rings (SSSR count). The number of piperidine rings is 1. The van der Waals surface area contributed by atoms with Gasteiger partial charge in [0.25, 0.3) is 0 Å². The van der Waals surface area contributed by atoms with Gasteiger partial charge in [-0.1, -0.05) is 0 Å². The first-order valence-corrected chi connectivity index (χ1v) is 7.25. The second-order valence-electron chi connectivity index (χ2n) is 5.39. The molecule has 5 heteroatoms. The average Bonchev–Trinajstić information content (AvgIpc) is 2.40. The molecule has 1 fully saturated rings. The number of hydrogen-bond acceptors (Lipinski definition) is 5. The normalized spacial score (nSPS) is 22.6. The summed E-state index contributed by atoms with van der Waals surface area (Å²) in [5.74, 6) is 0.424. The number of aromatic nitrogens is 1. The third-order valence-corrected chi connectivity index (χ3v) is 3.87. The summed E-state index contributed by atoms with van der Waals surface area (Å²) in [6, 6.07) is 2.60. The van der Waals surface area contributed by atoms with Gasteiger partial charge in [0.1, 0.15) is 5.82 Å². The number of rotatable bonds is 3. The minimum Gasteiger partial charge on any atom is -0.462 e. The van der Waals surface area contributed by atoms with Crippen molar-refractivity contribution in [2.24, 2.45) is 0 Å². The highest BCUT2D eigenvalue weighted by atomic mass is 16.5. The van der Waals surface area contributed by atoms with E-state index >= 15 is 0 Å². The van der Waals surface area contributed by atoms with Gasteiger partial charge in [0.05, 0.1) is 24.1 Å². The maximum Gasteiger partial charge on any atom is 0.340 e. The molecular formula is C15H23N3O2. The average molecular weight is 277 g/mol. The fourth-order valence-corrected chi connectivity index (χ4v) is 2.85. The number of ether oxygens (including phenoxy) is 1. The molecule has 0 bridgehead atoms. The topological polar surface area (TPSA) is 68.5 Å². The Morgan fingerprint density at radius 1 is 1.45 bits per heavy atom. The molecule has 1 saturated heterocycles. The van der Waals surface area contributed by atoms with E-state index in [1.165, 1.54) is 6.42 Å². The van der Waals surface area contributed by atoms with Crippen LogP contribution in [0.25, 0.3) is 0 Å². The predicted octanol–water partition coefficient (Wildman–Crippen LogP) is 2.61. The second-order valence-corrected chi connectivity index (χ2v) is 5.39. The van der Waals surface area contributed by atoms with Crippen LogP contribution >= 0.6 is 0 Å². The number of esters is 1. The lowest BCUT2D eigenvalue weighted by Gasteiger charge is -2.40. The molecule has 0 unspecified atom stereocenters. The lowest BCUT2D eigenvalue weighted by atomic mass is 9.97. The van der Waals surface area contributed by atoms with Crippen molar-refractivity contribution in [3.05, 3.63) is 17.8 Å². The van der Waals surface area contributed by atoms with Crippen molar-refractivity contribution < 1.29 is 9.53 Å². The number of nitrogens with zero attached hydrogens (tertiary/aromatic N) is 2. The van der Waals surface area contributed by atoms with Crippen molar-refractivity contribution in [1.29, 1.82) is 0 Å². The minimum absolute atomic E-state index is 0.340. The van der Waals surface area contributed by atoms with Crippen molar-refractivity contribution >= 4 is 17.5 Å². The lowest BCUT2D eigenvalue weighted by Crippen LogP contribution is -2.44. The van der Waals surface area contributed by atoms with Gasteiger partial charge in [-0.2, -0.15) is 0 Å². The van der Waals surface area contributed by atoms with E-state index < -0.39 is 0 Å². The Kier molecular flexibility index (Phi) is 4.47. The summed E-state index contributed by atoms with van der Waals surface area (Å²) in [7, 11) is 0.